The largest absolute Gasteiger partial charge is 0.369 e. The minimum atomic E-state index is -0.801. The van der Waals surface area contributed by atoms with Crippen LogP contribution in [0.1, 0.15) is 19.8 Å². The van der Waals surface area contributed by atoms with Gasteiger partial charge in [-0.25, -0.2) is 0 Å². The molecule has 0 aromatic carbocycles. The molecule has 1 saturated heterocycles. The smallest absolute Gasteiger partial charge is 0.234 e. The minimum Gasteiger partial charge on any atom is -0.369 e. The topological polar surface area (TPSA) is 106 Å². The second-order valence-electron chi connectivity index (χ2n) is 4.13. The van der Waals surface area contributed by atoms with E-state index in [9.17, 15) is 14.4 Å². The molecule has 16 heavy (non-hydrogen) atoms. The van der Waals surface area contributed by atoms with E-state index >= 15 is 0 Å². The Hall–Kier alpha value is -1.59. The molecular weight excluding hydrogens is 210 g/mol. The number of amides is 3. The van der Waals surface area contributed by atoms with Crippen LogP contribution in [0.15, 0.2) is 0 Å². The second-order valence-corrected chi connectivity index (χ2v) is 4.13. The number of hydrogen-bond donors (Lipinski definition) is 2. The van der Waals surface area contributed by atoms with E-state index in [0.717, 1.165) is 0 Å². The fourth-order valence-electron chi connectivity index (χ4n) is 1.78. The summed E-state index contributed by atoms with van der Waals surface area (Å²) in [6.45, 7) is 2.42. The number of piperidine rings is 1. The van der Waals surface area contributed by atoms with E-state index in [4.69, 9.17) is 11.5 Å². The number of rotatable bonds is 3. The van der Waals surface area contributed by atoms with Crippen molar-refractivity contribution in [2.75, 3.05) is 13.1 Å². The Morgan fingerprint density at radius 3 is 2.06 bits per heavy atom. The van der Waals surface area contributed by atoms with E-state index in [1.807, 2.05) is 0 Å². The van der Waals surface area contributed by atoms with Gasteiger partial charge in [-0.05, 0) is 19.8 Å². The van der Waals surface area contributed by atoms with Crippen molar-refractivity contribution < 1.29 is 14.4 Å². The van der Waals surface area contributed by atoms with Gasteiger partial charge in [-0.3, -0.25) is 14.4 Å². The van der Waals surface area contributed by atoms with Gasteiger partial charge in [0.15, 0.2) is 0 Å². The van der Waals surface area contributed by atoms with Crippen molar-refractivity contribution in [2.24, 2.45) is 23.3 Å². The average molecular weight is 227 g/mol. The zero-order valence-electron chi connectivity index (χ0n) is 9.31. The van der Waals surface area contributed by atoms with Gasteiger partial charge < -0.3 is 16.4 Å². The summed E-state index contributed by atoms with van der Waals surface area (Å²) < 4.78 is 0. The molecule has 1 atom stereocenters. The van der Waals surface area contributed by atoms with E-state index in [1.165, 1.54) is 6.92 Å². The summed E-state index contributed by atoms with van der Waals surface area (Å²) in [5.74, 6) is -2.18. The zero-order chi connectivity index (χ0) is 12.3. The van der Waals surface area contributed by atoms with Crippen LogP contribution in [0.2, 0.25) is 0 Å². The Kier molecular flexibility index (Phi) is 3.87. The van der Waals surface area contributed by atoms with Gasteiger partial charge in [0, 0.05) is 19.0 Å². The first-order chi connectivity index (χ1) is 7.43. The molecule has 4 N–H and O–H groups in total. The molecular formula is C10H17N3O3. The number of carbonyl (C=O) groups is 3. The van der Waals surface area contributed by atoms with Crippen LogP contribution >= 0.6 is 0 Å². The third kappa shape index (κ3) is 2.71. The van der Waals surface area contributed by atoms with Crippen LogP contribution in [0.25, 0.3) is 0 Å². The van der Waals surface area contributed by atoms with Gasteiger partial charge >= 0.3 is 0 Å². The van der Waals surface area contributed by atoms with Crippen molar-refractivity contribution in [3.8, 4) is 0 Å². The molecule has 1 unspecified atom stereocenters. The molecule has 1 aliphatic heterocycles. The van der Waals surface area contributed by atoms with Crippen molar-refractivity contribution in [2.45, 2.75) is 19.8 Å². The lowest BCUT2D eigenvalue weighted by Crippen LogP contribution is -2.46. The van der Waals surface area contributed by atoms with Gasteiger partial charge in [0.05, 0.1) is 0 Å². The Balaban J connectivity index is 2.51. The molecule has 0 bridgehead atoms. The van der Waals surface area contributed by atoms with Crippen LogP contribution in [0.5, 0.6) is 0 Å². The van der Waals surface area contributed by atoms with Gasteiger partial charge in [-0.2, -0.15) is 0 Å². The van der Waals surface area contributed by atoms with Crippen LogP contribution < -0.4 is 11.5 Å². The lowest BCUT2D eigenvalue weighted by atomic mass is 9.95. The normalized spacial score (nSPS) is 19.2. The molecule has 1 aliphatic rings. The van der Waals surface area contributed by atoms with Crippen LogP contribution in [-0.2, 0) is 14.4 Å². The molecule has 1 fully saturated rings. The summed E-state index contributed by atoms with van der Waals surface area (Å²) in [4.78, 5) is 35.1. The summed E-state index contributed by atoms with van der Waals surface area (Å²) in [6, 6.07) is 0. The molecule has 0 spiro atoms. The Labute approximate surface area is 93.9 Å². The number of nitrogens with zero attached hydrogens (tertiary/aromatic N) is 1. The zero-order valence-corrected chi connectivity index (χ0v) is 9.31. The maximum absolute atomic E-state index is 11.7. The van der Waals surface area contributed by atoms with Crippen LogP contribution in [0.3, 0.4) is 0 Å². The van der Waals surface area contributed by atoms with Crippen molar-refractivity contribution in [3.63, 3.8) is 0 Å². The van der Waals surface area contributed by atoms with E-state index in [1.54, 1.807) is 4.90 Å². The molecule has 3 amide bonds. The van der Waals surface area contributed by atoms with Gasteiger partial charge in [-0.1, -0.05) is 0 Å². The molecule has 0 saturated carbocycles. The lowest BCUT2D eigenvalue weighted by molar-refractivity contribution is -0.142. The third-order valence-corrected chi connectivity index (χ3v) is 3.01. The molecule has 0 aliphatic carbocycles. The predicted octanol–water partition coefficient (Wildman–Crippen LogP) is -1.17. The number of likely N-dealkylation sites (tertiary alicyclic amines) is 1. The SMILES string of the molecule is CC(C(N)=O)C(=O)N1CCC(C(N)=O)CC1. The lowest BCUT2D eigenvalue weighted by Gasteiger charge is -2.31. The van der Waals surface area contributed by atoms with Gasteiger partial charge in [-0.15, -0.1) is 0 Å². The molecule has 6 heteroatoms. The average Bonchev–Trinajstić information content (AvgIpc) is 2.27. The Bertz CT molecular complexity index is 308. The number of hydrogen-bond acceptors (Lipinski definition) is 3. The van der Waals surface area contributed by atoms with E-state index in [0.29, 0.717) is 25.9 Å². The quantitative estimate of drug-likeness (QED) is 0.593. The minimum absolute atomic E-state index is 0.159. The summed E-state index contributed by atoms with van der Waals surface area (Å²) in [6.07, 6.45) is 1.12. The molecule has 1 rings (SSSR count). The predicted molar refractivity (Wildman–Crippen MR) is 56.9 cm³/mol. The highest BCUT2D eigenvalue weighted by Crippen LogP contribution is 2.18. The molecule has 1 heterocycles. The van der Waals surface area contributed by atoms with Gasteiger partial charge in [0.1, 0.15) is 5.92 Å². The molecule has 6 nitrogen and oxygen atoms in total. The molecule has 0 aromatic rings. The van der Waals surface area contributed by atoms with E-state index in [2.05, 4.69) is 0 Å². The van der Waals surface area contributed by atoms with Crippen molar-refractivity contribution in [1.82, 2.24) is 4.90 Å². The maximum Gasteiger partial charge on any atom is 0.234 e. The highest BCUT2D eigenvalue weighted by atomic mass is 16.2. The first kappa shape index (κ1) is 12.5. The number of primary amides is 2. The third-order valence-electron chi connectivity index (χ3n) is 3.01. The van der Waals surface area contributed by atoms with Crippen molar-refractivity contribution >= 4 is 17.7 Å². The summed E-state index contributed by atoms with van der Waals surface area (Å²) in [5.41, 5.74) is 10.2. The van der Waals surface area contributed by atoms with Crippen LogP contribution in [0, 0.1) is 11.8 Å². The molecule has 90 valence electrons. The summed E-state index contributed by atoms with van der Waals surface area (Å²) >= 11 is 0. The second kappa shape index (κ2) is 4.96. The van der Waals surface area contributed by atoms with E-state index in [-0.39, 0.29) is 17.7 Å². The first-order valence-corrected chi connectivity index (χ1v) is 5.31. The number of carbonyl (C=O) groups excluding carboxylic acids is 3. The Morgan fingerprint density at radius 1 is 1.19 bits per heavy atom. The summed E-state index contributed by atoms with van der Waals surface area (Å²) in [5, 5.41) is 0. The van der Waals surface area contributed by atoms with Crippen molar-refractivity contribution in [1.29, 1.82) is 0 Å². The fourth-order valence-corrected chi connectivity index (χ4v) is 1.78. The monoisotopic (exact) mass is 227 g/mol. The summed E-state index contributed by atoms with van der Waals surface area (Å²) in [7, 11) is 0. The van der Waals surface area contributed by atoms with Crippen LogP contribution in [0.4, 0.5) is 0 Å². The first-order valence-electron chi connectivity index (χ1n) is 5.31. The van der Waals surface area contributed by atoms with Crippen molar-refractivity contribution in [3.05, 3.63) is 0 Å². The Morgan fingerprint density at radius 2 is 1.69 bits per heavy atom. The highest BCUT2D eigenvalue weighted by Gasteiger charge is 2.29. The molecule has 0 aromatic heterocycles. The van der Waals surface area contributed by atoms with Gasteiger partial charge in [0.2, 0.25) is 17.7 Å². The van der Waals surface area contributed by atoms with Gasteiger partial charge in [0.25, 0.3) is 0 Å². The highest BCUT2D eigenvalue weighted by molar-refractivity contribution is 5.99. The van der Waals surface area contributed by atoms with Crippen LogP contribution in [-0.4, -0.2) is 35.7 Å². The number of nitrogens with two attached hydrogens (primary N) is 2. The standard InChI is InChI=1S/C10H17N3O3/c1-6(8(11)14)10(16)13-4-2-7(3-5-13)9(12)15/h6-7H,2-5H2,1H3,(H2,11,14)(H2,12,15). The van der Waals surface area contributed by atoms with E-state index < -0.39 is 11.8 Å². The maximum atomic E-state index is 11.7. The molecule has 0 radical (unpaired) electrons. The fraction of sp³-hybridized carbons (Fsp3) is 0.700.